The number of pyridine rings is 1. The fraction of sp³-hybridized carbons (Fsp3) is 0.278. The Morgan fingerprint density at radius 1 is 1.41 bits per heavy atom. The molecule has 4 rings (SSSR count). The summed E-state index contributed by atoms with van der Waals surface area (Å²) in [4.78, 5) is 29.6. The number of carbonyl (C=O) groups is 1. The summed E-state index contributed by atoms with van der Waals surface area (Å²) in [5.41, 5.74) is 0.0530. The van der Waals surface area contributed by atoms with E-state index in [-0.39, 0.29) is 28.3 Å². The van der Waals surface area contributed by atoms with Crippen molar-refractivity contribution in [3.63, 3.8) is 0 Å². The molecule has 0 spiro atoms. The van der Waals surface area contributed by atoms with Crippen molar-refractivity contribution >= 4 is 33.3 Å². The zero-order valence-electron chi connectivity index (χ0n) is 14.5. The maximum atomic E-state index is 14.2. The lowest BCUT2D eigenvalue weighted by molar-refractivity contribution is 0.102. The number of aromatic nitrogens is 2. The molecule has 1 fully saturated rings. The van der Waals surface area contributed by atoms with Gasteiger partial charge in [0.05, 0.1) is 23.7 Å². The maximum absolute atomic E-state index is 14.2. The summed E-state index contributed by atoms with van der Waals surface area (Å²) in [6.07, 6.45) is 3.01. The number of rotatable bonds is 4. The molecule has 0 aliphatic heterocycles. The van der Waals surface area contributed by atoms with E-state index in [0.717, 1.165) is 24.6 Å². The summed E-state index contributed by atoms with van der Waals surface area (Å²) in [7, 11) is 1.21. The van der Waals surface area contributed by atoms with Gasteiger partial charge in [0.15, 0.2) is 16.7 Å². The molecule has 0 saturated heterocycles. The normalized spacial score (nSPS) is 13.8. The minimum Gasteiger partial charge on any atom is -0.491 e. The largest absolute Gasteiger partial charge is 0.491 e. The number of nitrogens with one attached hydrogen (secondary N) is 1. The molecule has 1 aromatic carbocycles. The van der Waals surface area contributed by atoms with E-state index >= 15 is 0 Å². The van der Waals surface area contributed by atoms with E-state index in [1.165, 1.54) is 24.6 Å². The molecule has 27 heavy (non-hydrogen) atoms. The number of thiazole rings is 1. The van der Waals surface area contributed by atoms with Gasteiger partial charge >= 0.3 is 0 Å². The molecule has 1 N–H and O–H groups in total. The number of hydrogen-bond donors (Lipinski definition) is 1. The molecule has 0 unspecified atom stereocenters. The summed E-state index contributed by atoms with van der Waals surface area (Å²) in [5.74, 6) is -3.34. The van der Waals surface area contributed by atoms with Crippen LogP contribution in [-0.2, 0) is 0 Å². The fourth-order valence-electron chi connectivity index (χ4n) is 2.99. The van der Waals surface area contributed by atoms with E-state index in [2.05, 4.69) is 10.3 Å². The van der Waals surface area contributed by atoms with Gasteiger partial charge in [0.1, 0.15) is 5.56 Å². The topological polar surface area (TPSA) is 73.2 Å². The maximum Gasteiger partial charge on any atom is 0.262 e. The predicted molar refractivity (Wildman–Crippen MR) is 97.8 cm³/mol. The first kappa shape index (κ1) is 17.6. The van der Waals surface area contributed by atoms with Crippen LogP contribution < -0.4 is 15.5 Å². The Morgan fingerprint density at radius 2 is 2.15 bits per heavy atom. The molecule has 1 saturated carbocycles. The van der Waals surface area contributed by atoms with Crippen LogP contribution in [-0.4, -0.2) is 22.6 Å². The molecule has 1 aliphatic carbocycles. The first-order chi connectivity index (χ1) is 12.9. The first-order valence-electron chi connectivity index (χ1n) is 8.25. The average Bonchev–Trinajstić information content (AvgIpc) is 3.39. The molecule has 0 bridgehead atoms. The van der Waals surface area contributed by atoms with Gasteiger partial charge in [-0.05, 0) is 25.8 Å². The highest BCUT2D eigenvalue weighted by molar-refractivity contribution is 7.13. The Morgan fingerprint density at radius 3 is 2.74 bits per heavy atom. The average molecular weight is 391 g/mol. The van der Waals surface area contributed by atoms with Crippen molar-refractivity contribution in [2.45, 2.75) is 25.8 Å². The van der Waals surface area contributed by atoms with Gasteiger partial charge < -0.3 is 9.30 Å². The number of benzene rings is 1. The molecular formula is C18H15F2N3O3S. The molecular weight excluding hydrogens is 376 g/mol. The highest BCUT2D eigenvalue weighted by atomic mass is 32.1. The van der Waals surface area contributed by atoms with E-state index < -0.39 is 23.0 Å². The second-order valence-electron chi connectivity index (χ2n) is 6.36. The monoisotopic (exact) mass is 391 g/mol. The molecule has 1 amide bonds. The predicted octanol–water partition coefficient (Wildman–Crippen LogP) is 3.64. The van der Waals surface area contributed by atoms with Crippen LogP contribution in [0.2, 0.25) is 0 Å². The van der Waals surface area contributed by atoms with Gasteiger partial charge in [0, 0.05) is 17.6 Å². The van der Waals surface area contributed by atoms with Crippen LogP contribution in [0.3, 0.4) is 0 Å². The third-order valence-corrected chi connectivity index (χ3v) is 5.27. The molecule has 1 aliphatic rings. The number of anilines is 1. The minimum absolute atomic E-state index is 0.000480. The first-order valence-corrected chi connectivity index (χ1v) is 9.13. The van der Waals surface area contributed by atoms with Crippen molar-refractivity contribution in [3.05, 3.63) is 50.8 Å². The summed E-state index contributed by atoms with van der Waals surface area (Å²) < 4.78 is 34.8. The summed E-state index contributed by atoms with van der Waals surface area (Å²) >= 11 is 1.23. The van der Waals surface area contributed by atoms with Crippen LogP contribution in [0.4, 0.5) is 13.9 Å². The zero-order chi connectivity index (χ0) is 19.3. The zero-order valence-corrected chi connectivity index (χ0v) is 15.3. The number of methoxy groups -OCH3 is 1. The molecule has 2 heterocycles. The second-order valence-corrected chi connectivity index (χ2v) is 7.22. The number of ether oxygens (including phenoxy) is 1. The van der Waals surface area contributed by atoms with Gasteiger partial charge in [-0.25, -0.2) is 9.37 Å². The van der Waals surface area contributed by atoms with Crippen molar-refractivity contribution in [1.29, 1.82) is 0 Å². The highest BCUT2D eigenvalue weighted by Gasteiger charge is 2.30. The van der Waals surface area contributed by atoms with E-state index in [1.807, 2.05) is 0 Å². The summed E-state index contributed by atoms with van der Waals surface area (Å²) in [6, 6.07) is 0.819. The van der Waals surface area contributed by atoms with Crippen LogP contribution in [0.5, 0.6) is 5.75 Å². The van der Waals surface area contributed by atoms with Crippen molar-refractivity contribution in [1.82, 2.24) is 9.55 Å². The number of halogens is 2. The number of carbonyl (C=O) groups excluding carboxylic acids is 1. The summed E-state index contributed by atoms with van der Waals surface area (Å²) in [6.45, 7) is 1.78. The SMILES string of the molecule is COc1c(F)c(F)cc2c(=O)c(C(=O)Nc3nc(C)cs3)cn(C3CC3)c12. The van der Waals surface area contributed by atoms with Crippen molar-refractivity contribution in [2.75, 3.05) is 12.4 Å². The lowest BCUT2D eigenvalue weighted by Crippen LogP contribution is -2.24. The minimum atomic E-state index is -1.20. The molecule has 140 valence electrons. The van der Waals surface area contributed by atoms with E-state index in [9.17, 15) is 18.4 Å². The smallest absolute Gasteiger partial charge is 0.262 e. The fourth-order valence-corrected chi connectivity index (χ4v) is 3.68. The number of hydrogen-bond acceptors (Lipinski definition) is 5. The quantitative estimate of drug-likeness (QED) is 0.737. The Hall–Kier alpha value is -2.81. The standard InChI is InChI=1S/C18H15F2N3O3S/c1-8-7-27-18(21-8)22-17(25)11-6-23(9-3-4-9)14-10(15(11)24)5-12(19)13(20)16(14)26-2/h5-7,9H,3-4H2,1-2H3,(H,21,22,25). The van der Waals surface area contributed by atoms with Gasteiger partial charge in [0.25, 0.3) is 5.91 Å². The number of nitrogens with zero attached hydrogens (tertiary/aromatic N) is 2. The lowest BCUT2D eigenvalue weighted by Gasteiger charge is -2.16. The Kier molecular flexibility index (Phi) is 4.18. The van der Waals surface area contributed by atoms with Crippen LogP contribution >= 0.6 is 11.3 Å². The third kappa shape index (κ3) is 2.97. The molecule has 2 aromatic heterocycles. The van der Waals surface area contributed by atoms with Gasteiger partial charge in [-0.1, -0.05) is 0 Å². The van der Waals surface area contributed by atoms with Crippen molar-refractivity contribution < 1.29 is 18.3 Å². The third-order valence-electron chi connectivity index (χ3n) is 4.39. The van der Waals surface area contributed by atoms with Gasteiger partial charge in [-0.3, -0.25) is 14.9 Å². The Bertz CT molecular complexity index is 1140. The van der Waals surface area contributed by atoms with E-state index in [1.54, 1.807) is 16.9 Å². The van der Waals surface area contributed by atoms with E-state index in [4.69, 9.17) is 4.74 Å². The highest BCUT2D eigenvalue weighted by Crippen LogP contribution is 2.40. The molecule has 0 radical (unpaired) electrons. The number of amides is 1. The summed E-state index contributed by atoms with van der Waals surface area (Å²) in [5, 5.41) is 4.61. The number of fused-ring (bicyclic) bond motifs is 1. The molecule has 0 atom stereocenters. The van der Waals surface area contributed by atoms with Crippen molar-refractivity contribution in [3.8, 4) is 5.75 Å². The second kappa shape index (κ2) is 6.41. The van der Waals surface area contributed by atoms with Crippen LogP contribution in [0.25, 0.3) is 10.9 Å². The van der Waals surface area contributed by atoms with Gasteiger partial charge in [0.2, 0.25) is 11.2 Å². The van der Waals surface area contributed by atoms with Gasteiger partial charge in [-0.2, -0.15) is 4.39 Å². The lowest BCUT2D eigenvalue weighted by atomic mass is 10.1. The van der Waals surface area contributed by atoms with Crippen LogP contribution in [0.1, 0.15) is 34.9 Å². The van der Waals surface area contributed by atoms with Crippen molar-refractivity contribution in [2.24, 2.45) is 0 Å². The molecule has 9 heteroatoms. The number of aryl methyl sites for hydroxylation is 1. The van der Waals surface area contributed by atoms with Crippen LogP contribution in [0, 0.1) is 18.6 Å². The Labute approximate surface area is 156 Å². The molecule has 3 aromatic rings. The van der Waals surface area contributed by atoms with Crippen LogP contribution in [0.15, 0.2) is 22.4 Å². The van der Waals surface area contributed by atoms with Gasteiger partial charge in [-0.15, -0.1) is 11.3 Å². The Balaban J connectivity index is 1.92. The van der Waals surface area contributed by atoms with E-state index in [0.29, 0.717) is 5.13 Å². The molecule has 6 nitrogen and oxygen atoms in total.